The van der Waals surface area contributed by atoms with E-state index in [1.807, 2.05) is 16.7 Å². The molecule has 0 aliphatic carbocycles. The van der Waals surface area contributed by atoms with E-state index in [2.05, 4.69) is 11.5 Å². The summed E-state index contributed by atoms with van der Waals surface area (Å²) in [6.07, 6.45) is 2.16. The Morgan fingerprint density at radius 2 is 2.22 bits per heavy atom. The Balaban J connectivity index is 1.65. The summed E-state index contributed by atoms with van der Waals surface area (Å²) in [4.78, 5) is 14.3. The van der Waals surface area contributed by atoms with Crippen molar-refractivity contribution in [2.24, 2.45) is 5.92 Å². The van der Waals surface area contributed by atoms with Gasteiger partial charge in [-0.15, -0.1) is 6.58 Å². The molecule has 3 rings (SSSR count). The number of rotatable bonds is 6. The van der Waals surface area contributed by atoms with Gasteiger partial charge in [0.05, 0.1) is 11.9 Å². The van der Waals surface area contributed by atoms with Crippen molar-refractivity contribution in [1.29, 1.82) is 0 Å². The topological polar surface area (TPSA) is 62.5 Å². The standard InChI is InChI=1S/C17H24N2O3S/c1-2-6-23(22)12-15(20)11-18-8-13-7-14(10-18)16-4-3-5-17(21)19(16)9-13/h2-5,13-15,20H,1,6-12H2/t13-,14+,15-,23+/m0/s1. The van der Waals surface area contributed by atoms with Crippen molar-refractivity contribution in [3.05, 3.63) is 46.9 Å². The maximum atomic E-state index is 12.0. The molecule has 0 unspecified atom stereocenters. The van der Waals surface area contributed by atoms with E-state index in [0.717, 1.165) is 31.7 Å². The summed E-state index contributed by atoms with van der Waals surface area (Å²) < 4.78 is 13.6. The molecule has 0 spiro atoms. The maximum absolute atomic E-state index is 12.0. The number of likely N-dealkylation sites (tertiary alicyclic amines) is 1. The number of nitrogens with zero attached hydrogens (tertiary/aromatic N) is 2. The van der Waals surface area contributed by atoms with Gasteiger partial charge in [-0.2, -0.15) is 0 Å². The summed E-state index contributed by atoms with van der Waals surface area (Å²) >= 11 is 0. The molecule has 0 saturated carbocycles. The second-order valence-electron chi connectivity index (χ2n) is 6.63. The van der Waals surface area contributed by atoms with Crippen molar-refractivity contribution >= 4 is 10.8 Å². The number of aromatic nitrogens is 1. The minimum absolute atomic E-state index is 0.0884. The number of fused-ring (bicyclic) bond motifs is 4. The summed E-state index contributed by atoms with van der Waals surface area (Å²) in [6, 6.07) is 5.50. The van der Waals surface area contributed by atoms with Gasteiger partial charge in [0.1, 0.15) is 0 Å². The Kier molecular flexibility index (Phi) is 5.14. The van der Waals surface area contributed by atoms with Crippen molar-refractivity contribution in [2.45, 2.75) is 25.0 Å². The van der Waals surface area contributed by atoms with Gasteiger partial charge in [0.2, 0.25) is 0 Å². The van der Waals surface area contributed by atoms with E-state index in [9.17, 15) is 14.1 Å². The summed E-state index contributed by atoms with van der Waals surface area (Å²) in [6.45, 7) is 6.63. The fourth-order valence-corrected chi connectivity index (χ4v) is 4.84. The minimum Gasteiger partial charge on any atom is -0.391 e. The molecule has 1 saturated heterocycles. The van der Waals surface area contributed by atoms with Crippen LogP contribution in [-0.2, 0) is 17.3 Å². The van der Waals surface area contributed by atoms with Gasteiger partial charge in [0.25, 0.3) is 5.56 Å². The minimum atomic E-state index is -1.04. The van der Waals surface area contributed by atoms with Crippen LogP contribution < -0.4 is 5.56 Å². The van der Waals surface area contributed by atoms with Crippen LogP contribution in [0.3, 0.4) is 0 Å². The van der Waals surface area contributed by atoms with Gasteiger partial charge >= 0.3 is 0 Å². The lowest BCUT2D eigenvalue weighted by Gasteiger charge is -2.43. The Morgan fingerprint density at radius 1 is 1.39 bits per heavy atom. The lowest BCUT2D eigenvalue weighted by molar-refractivity contribution is 0.0714. The highest BCUT2D eigenvalue weighted by Gasteiger charge is 2.34. The molecule has 1 aromatic rings. The van der Waals surface area contributed by atoms with Crippen molar-refractivity contribution in [3.63, 3.8) is 0 Å². The molecule has 0 aromatic carbocycles. The van der Waals surface area contributed by atoms with Crippen molar-refractivity contribution in [3.8, 4) is 0 Å². The molecule has 0 radical (unpaired) electrons. The van der Waals surface area contributed by atoms with Crippen LogP contribution in [0.4, 0.5) is 0 Å². The van der Waals surface area contributed by atoms with Gasteiger partial charge in [0.15, 0.2) is 0 Å². The Hall–Kier alpha value is -1.24. The number of pyridine rings is 1. The summed E-state index contributed by atoms with van der Waals surface area (Å²) in [5.41, 5.74) is 1.20. The van der Waals surface area contributed by atoms with Crippen LogP contribution in [-0.4, -0.2) is 56.0 Å². The smallest absolute Gasteiger partial charge is 0.250 e. The molecule has 6 heteroatoms. The van der Waals surface area contributed by atoms with E-state index in [-0.39, 0.29) is 5.56 Å². The lowest BCUT2D eigenvalue weighted by Crippen LogP contribution is -2.49. The van der Waals surface area contributed by atoms with E-state index in [0.29, 0.717) is 29.9 Å². The summed E-state index contributed by atoms with van der Waals surface area (Å²) in [5, 5.41) is 10.2. The normalized spacial score (nSPS) is 26.3. The van der Waals surface area contributed by atoms with Gasteiger partial charge in [-0.25, -0.2) is 0 Å². The number of β-amino-alcohol motifs (C(OH)–C–C–N with tert-alkyl or cyclic N) is 1. The molecule has 23 heavy (non-hydrogen) atoms. The molecule has 126 valence electrons. The predicted molar refractivity (Wildman–Crippen MR) is 92.1 cm³/mol. The molecule has 2 bridgehead atoms. The van der Waals surface area contributed by atoms with E-state index in [4.69, 9.17) is 0 Å². The molecule has 1 aromatic heterocycles. The second kappa shape index (κ2) is 7.11. The molecular formula is C17H24N2O3S. The molecule has 2 aliphatic heterocycles. The first kappa shape index (κ1) is 16.6. The van der Waals surface area contributed by atoms with Crippen LogP contribution in [0, 0.1) is 5.92 Å². The summed E-state index contributed by atoms with van der Waals surface area (Å²) in [5.74, 6) is 1.53. The molecule has 4 atom stereocenters. The molecule has 1 fully saturated rings. The molecule has 1 N–H and O–H groups in total. The van der Waals surface area contributed by atoms with Crippen molar-refractivity contribution in [2.75, 3.05) is 31.1 Å². The third kappa shape index (κ3) is 3.82. The Labute approximate surface area is 139 Å². The first-order valence-corrected chi connectivity index (χ1v) is 9.61. The van der Waals surface area contributed by atoms with Gasteiger partial charge in [0, 0.05) is 60.4 Å². The van der Waals surface area contributed by atoms with Crippen LogP contribution >= 0.6 is 0 Å². The zero-order chi connectivity index (χ0) is 16.4. The van der Waals surface area contributed by atoms with Gasteiger partial charge in [-0.05, 0) is 18.4 Å². The molecule has 5 nitrogen and oxygen atoms in total. The number of piperidine rings is 1. The zero-order valence-corrected chi connectivity index (χ0v) is 14.1. The van der Waals surface area contributed by atoms with Gasteiger partial charge < -0.3 is 9.67 Å². The first-order valence-electron chi connectivity index (χ1n) is 8.13. The lowest BCUT2D eigenvalue weighted by atomic mass is 9.83. The largest absolute Gasteiger partial charge is 0.391 e. The third-order valence-electron chi connectivity index (χ3n) is 4.71. The highest BCUT2D eigenvalue weighted by Crippen LogP contribution is 2.34. The van der Waals surface area contributed by atoms with Gasteiger partial charge in [-0.3, -0.25) is 13.9 Å². The number of hydrogen-bond acceptors (Lipinski definition) is 4. The fourth-order valence-electron chi connectivity index (χ4n) is 3.91. The quantitative estimate of drug-likeness (QED) is 0.771. The number of aliphatic hydroxyl groups is 1. The molecule has 0 amide bonds. The van der Waals surface area contributed by atoms with E-state index >= 15 is 0 Å². The van der Waals surface area contributed by atoms with E-state index < -0.39 is 16.9 Å². The Morgan fingerprint density at radius 3 is 3.00 bits per heavy atom. The highest BCUT2D eigenvalue weighted by molar-refractivity contribution is 7.85. The van der Waals surface area contributed by atoms with E-state index in [1.165, 1.54) is 0 Å². The molecule has 2 aliphatic rings. The first-order chi connectivity index (χ1) is 11.1. The third-order valence-corrected chi connectivity index (χ3v) is 6.07. The maximum Gasteiger partial charge on any atom is 0.250 e. The van der Waals surface area contributed by atoms with Crippen LogP contribution in [0.1, 0.15) is 18.0 Å². The Bertz CT molecular complexity index is 657. The van der Waals surface area contributed by atoms with Crippen molar-refractivity contribution < 1.29 is 9.32 Å². The van der Waals surface area contributed by atoms with Gasteiger partial charge in [-0.1, -0.05) is 12.1 Å². The highest BCUT2D eigenvalue weighted by atomic mass is 32.2. The average molecular weight is 336 g/mol. The number of hydrogen-bond donors (Lipinski definition) is 1. The monoisotopic (exact) mass is 336 g/mol. The molecule has 3 heterocycles. The summed E-state index contributed by atoms with van der Waals surface area (Å²) in [7, 11) is -1.04. The zero-order valence-electron chi connectivity index (χ0n) is 13.3. The number of aliphatic hydroxyl groups excluding tert-OH is 1. The fraction of sp³-hybridized carbons (Fsp3) is 0.588. The predicted octanol–water partition coefficient (Wildman–Crippen LogP) is 0.563. The second-order valence-corrected chi connectivity index (χ2v) is 8.18. The van der Waals surface area contributed by atoms with Crippen molar-refractivity contribution in [1.82, 2.24) is 9.47 Å². The average Bonchev–Trinajstić information content (AvgIpc) is 2.48. The van der Waals surface area contributed by atoms with Crippen LogP contribution in [0.15, 0.2) is 35.6 Å². The van der Waals surface area contributed by atoms with E-state index in [1.54, 1.807) is 12.1 Å². The molecular weight excluding hydrogens is 312 g/mol. The van der Waals surface area contributed by atoms with Crippen LogP contribution in [0.2, 0.25) is 0 Å². The SMILES string of the molecule is C=CC[S@@](=O)C[C@@H](O)CN1C[C@@H]2C[C@H](C1)c1cccc(=O)n1C2. The van der Waals surface area contributed by atoms with Crippen LogP contribution in [0.25, 0.3) is 0 Å². The van der Waals surface area contributed by atoms with Crippen LogP contribution in [0.5, 0.6) is 0 Å².